The summed E-state index contributed by atoms with van der Waals surface area (Å²) in [5.41, 5.74) is 8.29. The highest BCUT2D eigenvalue weighted by Gasteiger charge is 2.16. The van der Waals surface area contributed by atoms with Crippen LogP contribution in [-0.2, 0) is 0 Å². The number of pyridine rings is 1. The van der Waals surface area contributed by atoms with Gasteiger partial charge in [-0.3, -0.25) is 4.79 Å². The highest BCUT2D eigenvalue weighted by molar-refractivity contribution is 5.92. The van der Waals surface area contributed by atoms with Gasteiger partial charge in [0.05, 0.1) is 0 Å². The van der Waals surface area contributed by atoms with Crippen molar-refractivity contribution in [1.82, 2.24) is 19.6 Å². The van der Waals surface area contributed by atoms with E-state index in [-0.39, 0.29) is 5.91 Å². The molecule has 3 N–H and O–H groups in total. The molecule has 0 saturated carbocycles. The predicted molar refractivity (Wildman–Crippen MR) is 85.9 cm³/mol. The van der Waals surface area contributed by atoms with Crippen molar-refractivity contribution in [2.24, 2.45) is 5.73 Å². The van der Waals surface area contributed by atoms with E-state index in [1.165, 1.54) is 0 Å². The molecule has 22 heavy (non-hydrogen) atoms. The number of carbonyl (C=O) groups is 1. The summed E-state index contributed by atoms with van der Waals surface area (Å²) in [6.07, 6.45) is 5.77. The Balaban J connectivity index is 1.52. The summed E-state index contributed by atoms with van der Waals surface area (Å²) in [6.45, 7) is 5.56. The van der Waals surface area contributed by atoms with Gasteiger partial charge >= 0.3 is 0 Å². The van der Waals surface area contributed by atoms with Crippen LogP contribution in [0.15, 0.2) is 24.5 Å². The number of imidazole rings is 1. The number of nitrogens with one attached hydrogen (secondary N) is 1. The van der Waals surface area contributed by atoms with E-state index >= 15 is 0 Å². The van der Waals surface area contributed by atoms with E-state index in [0.29, 0.717) is 18.3 Å². The lowest BCUT2D eigenvalue weighted by molar-refractivity contribution is 0.0941. The molecule has 1 aliphatic heterocycles. The summed E-state index contributed by atoms with van der Waals surface area (Å²) in [4.78, 5) is 18.9. The van der Waals surface area contributed by atoms with Crippen molar-refractivity contribution in [1.29, 1.82) is 0 Å². The number of nitrogens with zero attached hydrogens (tertiary/aromatic N) is 3. The third kappa shape index (κ3) is 3.45. The van der Waals surface area contributed by atoms with Gasteiger partial charge in [-0.05, 0) is 50.6 Å². The van der Waals surface area contributed by atoms with Crippen molar-refractivity contribution in [3.05, 3.63) is 35.8 Å². The van der Waals surface area contributed by atoms with Crippen LogP contribution in [0.3, 0.4) is 0 Å². The Morgan fingerprint density at radius 1 is 1.45 bits per heavy atom. The van der Waals surface area contributed by atoms with E-state index < -0.39 is 0 Å². The van der Waals surface area contributed by atoms with Gasteiger partial charge < -0.3 is 20.4 Å². The summed E-state index contributed by atoms with van der Waals surface area (Å²) < 4.78 is 1.87. The fourth-order valence-electron chi connectivity index (χ4n) is 2.79. The zero-order valence-electron chi connectivity index (χ0n) is 13.0. The van der Waals surface area contributed by atoms with E-state index in [2.05, 4.69) is 15.2 Å². The largest absolute Gasteiger partial charge is 0.349 e. The first kappa shape index (κ1) is 15.0. The van der Waals surface area contributed by atoms with Crippen molar-refractivity contribution in [3.8, 4) is 0 Å². The second-order valence-electron chi connectivity index (χ2n) is 6.03. The quantitative estimate of drug-likeness (QED) is 0.876. The van der Waals surface area contributed by atoms with Gasteiger partial charge in [0, 0.05) is 31.5 Å². The lowest BCUT2D eigenvalue weighted by atomic mass is 10.1. The summed E-state index contributed by atoms with van der Waals surface area (Å²) in [6, 6.07) is 4.30. The summed E-state index contributed by atoms with van der Waals surface area (Å²) >= 11 is 0. The molecule has 1 amide bonds. The number of rotatable bonds is 4. The SMILES string of the molecule is Cc1ccn2cc(C(=O)NCCN3CCC(N)CC3)nc2c1. The smallest absolute Gasteiger partial charge is 0.271 e. The van der Waals surface area contributed by atoms with Crippen LogP contribution in [-0.4, -0.2) is 52.4 Å². The molecule has 2 aromatic heterocycles. The van der Waals surface area contributed by atoms with E-state index in [0.717, 1.165) is 43.7 Å². The van der Waals surface area contributed by atoms with Gasteiger partial charge in [0.15, 0.2) is 0 Å². The van der Waals surface area contributed by atoms with Crippen LogP contribution in [0.5, 0.6) is 0 Å². The van der Waals surface area contributed by atoms with Gasteiger partial charge in [-0.15, -0.1) is 0 Å². The first-order valence-corrected chi connectivity index (χ1v) is 7.83. The van der Waals surface area contributed by atoms with Crippen molar-refractivity contribution in [2.75, 3.05) is 26.2 Å². The highest BCUT2D eigenvalue weighted by Crippen LogP contribution is 2.08. The van der Waals surface area contributed by atoms with E-state index in [4.69, 9.17) is 5.73 Å². The molecule has 1 fully saturated rings. The minimum Gasteiger partial charge on any atom is -0.349 e. The number of carbonyl (C=O) groups excluding carboxylic acids is 1. The maximum Gasteiger partial charge on any atom is 0.271 e. The summed E-state index contributed by atoms with van der Waals surface area (Å²) in [5, 5.41) is 2.95. The Morgan fingerprint density at radius 3 is 3.00 bits per heavy atom. The molecular weight excluding hydrogens is 278 g/mol. The molecule has 0 spiro atoms. The van der Waals surface area contributed by atoms with Crippen molar-refractivity contribution in [3.63, 3.8) is 0 Å². The second-order valence-corrected chi connectivity index (χ2v) is 6.03. The van der Waals surface area contributed by atoms with Gasteiger partial charge in [0.25, 0.3) is 5.91 Å². The van der Waals surface area contributed by atoms with E-state index in [1.807, 2.05) is 29.7 Å². The molecule has 6 nitrogen and oxygen atoms in total. The number of piperidine rings is 1. The van der Waals surface area contributed by atoms with Crippen LogP contribution in [0.25, 0.3) is 5.65 Å². The first-order valence-electron chi connectivity index (χ1n) is 7.83. The Labute approximate surface area is 130 Å². The molecule has 0 atom stereocenters. The lowest BCUT2D eigenvalue weighted by Gasteiger charge is -2.29. The van der Waals surface area contributed by atoms with Crippen LogP contribution in [0.2, 0.25) is 0 Å². The molecule has 2 aromatic rings. The predicted octanol–water partition coefficient (Wildman–Crippen LogP) is 0.796. The molecule has 0 bridgehead atoms. The standard InChI is InChI=1S/C16H23N5O/c1-12-2-8-21-11-14(19-15(21)10-12)16(22)18-5-9-20-6-3-13(17)4-7-20/h2,8,10-11,13H,3-7,9,17H2,1H3,(H,18,22). The van der Waals surface area contributed by atoms with E-state index in [9.17, 15) is 4.79 Å². The second kappa shape index (κ2) is 6.46. The average molecular weight is 301 g/mol. The van der Waals surface area contributed by atoms with Crippen LogP contribution >= 0.6 is 0 Å². The Hall–Kier alpha value is -1.92. The summed E-state index contributed by atoms with van der Waals surface area (Å²) in [5.74, 6) is -0.116. The molecule has 6 heteroatoms. The molecule has 0 radical (unpaired) electrons. The maximum absolute atomic E-state index is 12.2. The zero-order valence-corrected chi connectivity index (χ0v) is 13.0. The average Bonchev–Trinajstić information content (AvgIpc) is 2.92. The van der Waals surface area contributed by atoms with Crippen LogP contribution in [0.1, 0.15) is 28.9 Å². The minimum atomic E-state index is -0.116. The van der Waals surface area contributed by atoms with Gasteiger partial charge in [-0.2, -0.15) is 0 Å². The molecule has 3 rings (SSSR count). The van der Waals surface area contributed by atoms with E-state index in [1.54, 1.807) is 6.20 Å². The number of nitrogens with two attached hydrogens (primary N) is 1. The highest BCUT2D eigenvalue weighted by atomic mass is 16.1. The maximum atomic E-state index is 12.2. The van der Waals surface area contributed by atoms with Crippen molar-refractivity contribution >= 4 is 11.6 Å². The fourth-order valence-corrected chi connectivity index (χ4v) is 2.79. The fraction of sp³-hybridized carbons (Fsp3) is 0.500. The number of aromatic nitrogens is 2. The van der Waals surface area contributed by atoms with Crippen LogP contribution in [0, 0.1) is 6.92 Å². The molecule has 3 heterocycles. The number of hydrogen-bond donors (Lipinski definition) is 2. The Bertz CT molecular complexity index is 658. The molecule has 118 valence electrons. The molecule has 0 aromatic carbocycles. The molecular formula is C16H23N5O. The number of hydrogen-bond acceptors (Lipinski definition) is 4. The molecule has 1 aliphatic rings. The third-order valence-corrected chi connectivity index (χ3v) is 4.19. The first-order chi connectivity index (χ1) is 10.6. The van der Waals surface area contributed by atoms with Gasteiger partial charge in [0.1, 0.15) is 11.3 Å². The lowest BCUT2D eigenvalue weighted by Crippen LogP contribution is -2.43. The number of fused-ring (bicyclic) bond motifs is 1. The monoisotopic (exact) mass is 301 g/mol. The molecule has 0 aliphatic carbocycles. The third-order valence-electron chi connectivity index (χ3n) is 4.19. The topological polar surface area (TPSA) is 75.7 Å². The number of aryl methyl sites for hydroxylation is 1. The normalized spacial score (nSPS) is 17.0. The molecule has 0 unspecified atom stereocenters. The van der Waals surface area contributed by atoms with Gasteiger partial charge in [-0.1, -0.05) is 0 Å². The Kier molecular flexibility index (Phi) is 4.40. The van der Waals surface area contributed by atoms with Crippen LogP contribution < -0.4 is 11.1 Å². The minimum absolute atomic E-state index is 0.116. The van der Waals surface area contributed by atoms with Crippen molar-refractivity contribution in [2.45, 2.75) is 25.8 Å². The van der Waals surface area contributed by atoms with Crippen molar-refractivity contribution < 1.29 is 4.79 Å². The number of amides is 1. The van der Waals surface area contributed by atoms with Crippen LogP contribution in [0.4, 0.5) is 0 Å². The number of likely N-dealkylation sites (tertiary alicyclic amines) is 1. The van der Waals surface area contributed by atoms with Gasteiger partial charge in [-0.25, -0.2) is 4.98 Å². The zero-order chi connectivity index (χ0) is 15.5. The summed E-state index contributed by atoms with van der Waals surface area (Å²) in [7, 11) is 0. The Morgan fingerprint density at radius 2 is 2.23 bits per heavy atom. The van der Waals surface area contributed by atoms with Gasteiger partial charge in [0.2, 0.25) is 0 Å². The molecule has 1 saturated heterocycles.